The first-order valence-corrected chi connectivity index (χ1v) is 28.2. The molecule has 5 fully saturated rings. The van der Waals surface area contributed by atoms with Crippen molar-refractivity contribution in [2.24, 2.45) is 28.9 Å². The number of H-pyrrole nitrogens is 1. The Balaban J connectivity index is 0. The number of rotatable bonds is 13. The van der Waals surface area contributed by atoms with E-state index in [2.05, 4.69) is 41.8 Å². The Bertz CT molecular complexity index is 2870. The van der Waals surface area contributed by atoms with Crippen LogP contribution in [0.2, 0.25) is 0 Å². The monoisotopic (exact) mass is 1370 g/mol. The Morgan fingerprint density at radius 1 is 0.663 bits per heavy atom. The summed E-state index contributed by atoms with van der Waals surface area (Å²) in [4.78, 5) is 92.5. The fourth-order valence-corrected chi connectivity index (χ4v) is 9.53. The van der Waals surface area contributed by atoms with Crippen LogP contribution >= 0.6 is 24.4 Å². The van der Waals surface area contributed by atoms with E-state index < -0.39 is 23.4 Å². The van der Waals surface area contributed by atoms with Gasteiger partial charge in [-0.05, 0) is 97.7 Å². The number of ether oxygens (including phenoxy) is 5. The number of β-lactam (4-membered cyclic amide) rings is 1. The minimum Gasteiger partial charge on any atom is -0.497 e. The van der Waals surface area contributed by atoms with Gasteiger partial charge < -0.3 is 81.7 Å². The van der Waals surface area contributed by atoms with Crippen LogP contribution in [0.4, 0.5) is 0 Å². The normalized spacial score (nSPS) is 18.0. The number of nitrogens with one attached hydrogen (secondary N) is 5. The number of unbranched alkanes of at least 4 members (excludes halogenated alkanes) is 1. The van der Waals surface area contributed by atoms with Gasteiger partial charge in [0.05, 0.1) is 80.3 Å². The van der Waals surface area contributed by atoms with Gasteiger partial charge in [0, 0.05) is 111 Å². The molecule has 89 heavy (non-hydrogen) atoms. The van der Waals surface area contributed by atoms with Crippen molar-refractivity contribution >= 4 is 76.0 Å². The van der Waals surface area contributed by atoms with Gasteiger partial charge in [-0.15, -0.1) is 0 Å². The predicted molar refractivity (Wildman–Crippen MR) is 338 cm³/mol. The van der Waals surface area contributed by atoms with Crippen LogP contribution in [-0.4, -0.2) is 151 Å². The maximum absolute atomic E-state index is 12.4. The summed E-state index contributed by atoms with van der Waals surface area (Å²) in [5, 5.41) is 36.6. The molecule has 3 amide bonds. The standard InChI is InChI=1S/C15H18N2O2S.C11H13NO.C8H11NO.C7H11NO3.C7H11NO2S.C6H9NO3.C6H5NO3.CH4.2H2O.Pd/c1-19-12-4-2-11(3-5-12)9-17-10-15(14(17)18)6-7-16-13(20)8-15;1-13-11-7-5-10(6-8-11)4-2-3-9-12;1-10-8-4-2-7(6-9)3-5-8;1-11-7(10)5-2-3-8-6(9)4-5;1-10-7(9)5-2-3-8-6(11)4-5;2*8-5-3-4(6(9)10)1-2-7-5;;;;/h2-5H,6-10H2,1H3,(H,16,20);5-8H,2-4H2,1H3;2-5H,6,9H2,1H3;5H,2-4H2,1H3,(H,8,9);5H,2-4H2,1H3,(H,8,11);4H,1-3H2,(H,7,8)(H,9,10);1-3H,(H,7,8)(H,9,10);1H4;2*1H2;. The summed E-state index contributed by atoms with van der Waals surface area (Å²) >= 11 is 10.1. The van der Waals surface area contributed by atoms with Gasteiger partial charge in [-0.1, -0.05) is 68.3 Å². The molecule has 494 valence electrons. The van der Waals surface area contributed by atoms with Crippen LogP contribution in [0.3, 0.4) is 0 Å². The van der Waals surface area contributed by atoms with Crippen molar-refractivity contribution < 1.29 is 98.8 Å². The van der Waals surface area contributed by atoms with Gasteiger partial charge in [-0.3, -0.25) is 33.6 Å². The van der Waals surface area contributed by atoms with E-state index in [4.69, 9.17) is 59.9 Å². The van der Waals surface area contributed by atoms with E-state index in [1.165, 1.54) is 32.0 Å². The molecule has 4 atom stereocenters. The molecule has 25 nitrogen and oxygen atoms in total. The third-order valence-corrected chi connectivity index (χ3v) is 14.3. The summed E-state index contributed by atoms with van der Waals surface area (Å²) in [7, 11) is 7.71. The van der Waals surface area contributed by atoms with Crippen molar-refractivity contribution in [2.75, 3.05) is 68.3 Å². The van der Waals surface area contributed by atoms with E-state index in [0.717, 1.165) is 89.7 Å². The molecule has 0 bridgehead atoms. The fourth-order valence-electron chi connectivity index (χ4n) is 8.85. The third kappa shape index (κ3) is 30.7. The van der Waals surface area contributed by atoms with E-state index in [-0.39, 0.29) is 104 Å². The van der Waals surface area contributed by atoms with Gasteiger partial charge in [-0.2, -0.15) is 5.26 Å². The largest absolute Gasteiger partial charge is 0.497 e. The van der Waals surface area contributed by atoms with E-state index in [1.807, 2.05) is 77.7 Å². The van der Waals surface area contributed by atoms with Crippen molar-refractivity contribution in [1.29, 1.82) is 5.26 Å². The smallest absolute Gasteiger partial charge is 0.335 e. The molecule has 0 saturated carbocycles. The average Bonchev–Trinajstić information content (AvgIpc) is 1.21. The Morgan fingerprint density at radius 2 is 1.12 bits per heavy atom. The first-order valence-electron chi connectivity index (χ1n) is 27.4. The third-order valence-electron chi connectivity index (χ3n) is 13.7. The molecule has 0 radical (unpaired) electrons. The number of pyridine rings is 1. The zero-order valence-electron chi connectivity index (χ0n) is 49.9. The first kappa shape index (κ1) is 83.2. The van der Waals surface area contributed by atoms with E-state index >= 15 is 0 Å². The average molecular weight is 1370 g/mol. The second-order valence-electron chi connectivity index (χ2n) is 19.7. The Morgan fingerprint density at radius 3 is 1.52 bits per heavy atom. The number of hydrogen-bond acceptors (Lipinski definition) is 17. The molecule has 0 aliphatic carbocycles. The molecule has 9 rings (SSSR count). The van der Waals surface area contributed by atoms with Crippen LogP contribution in [0.15, 0.2) is 95.9 Å². The summed E-state index contributed by atoms with van der Waals surface area (Å²) in [6.07, 6.45) is 8.56. The van der Waals surface area contributed by atoms with Crippen LogP contribution in [0.25, 0.3) is 0 Å². The Kier molecular flexibility index (Phi) is 42.4. The van der Waals surface area contributed by atoms with Gasteiger partial charge in [0.2, 0.25) is 23.3 Å². The van der Waals surface area contributed by atoms with Crippen molar-refractivity contribution in [3.8, 4) is 23.3 Å². The van der Waals surface area contributed by atoms with Gasteiger partial charge in [0.25, 0.3) is 0 Å². The number of nitrogens with two attached hydrogens (primary N) is 1. The first-order chi connectivity index (χ1) is 40.7. The number of aromatic carboxylic acids is 1. The second kappa shape index (κ2) is 45.4. The molecule has 6 heterocycles. The molecule has 3 aromatic carbocycles. The number of benzene rings is 3. The number of carbonyl (C=O) groups excluding carboxylic acids is 5. The molecule has 1 spiro atoms. The molecule has 5 aliphatic rings. The maximum Gasteiger partial charge on any atom is 0.335 e. The van der Waals surface area contributed by atoms with Crippen molar-refractivity contribution in [1.82, 2.24) is 31.2 Å². The molecule has 4 unspecified atom stereocenters. The molecule has 28 heteroatoms. The SMILES string of the molecule is C.COC(=O)C1CCNC(=O)C1.COC(=O)C1CCNC(=S)C1.COc1ccc(CCCC#N)cc1.COc1ccc(CN)cc1.COc1ccc(CN2CC3(CCNC(=S)C3)C2=O)cc1.O.O.O=C(O)c1cc[nH]c(=O)c1.O=C1CC(C(=O)O)CCN1.[Pd]. The number of methoxy groups -OCH3 is 5. The summed E-state index contributed by atoms with van der Waals surface area (Å²) < 4.78 is 24.3. The second-order valence-corrected chi connectivity index (χ2v) is 20.7. The quantitative estimate of drug-likeness (QED) is 0.0305. The minimum atomic E-state index is -1.09. The summed E-state index contributed by atoms with van der Waals surface area (Å²) in [5.74, 6) is -0.474. The Hall–Kier alpha value is -7.89. The molecule has 5 aliphatic heterocycles. The topological polar surface area (TPSA) is 403 Å². The number of likely N-dealkylation sites (tertiary alicyclic amines) is 1. The predicted octanol–water partition coefficient (Wildman–Crippen LogP) is 4.26. The number of carboxylic acids is 2. The zero-order valence-corrected chi connectivity index (χ0v) is 53.1. The number of aryl methyl sites for hydroxylation is 1. The number of amides is 3. The van der Waals surface area contributed by atoms with Crippen LogP contribution in [-0.2, 0) is 78.2 Å². The van der Waals surface area contributed by atoms with Gasteiger partial charge in [0.1, 0.15) is 17.2 Å². The summed E-state index contributed by atoms with van der Waals surface area (Å²) in [5.41, 5.74) is 8.30. The van der Waals surface area contributed by atoms with Crippen molar-refractivity contribution in [2.45, 2.75) is 91.1 Å². The number of aromatic amines is 1. The van der Waals surface area contributed by atoms with E-state index in [9.17, 15) is 38.4 Å². The number of nitrogens with zero attached hydrogens (tertiary/aromatic N) is 2. The minimum absolute atomic E-state index is 0. The number of piperidine rings is 4. The van der Waals surface area contributed by atoms with Gasteiger partial charge in [-0.25, -0.2) is 4.79 Å². The van der Waals surface area contributed by atoms with Gasteiger partial charge >= 0.3 is 23.9 Å². The summed E-state index contributed by atoms with van der Waals surface area (Å²) in [6.45, 7) is 4.77. The zero-order chi connectivity index (χ0) is 62.7. The molecule has 5 saturated heterocycles. The summed E-state index contributed by atoms with van der Waals surface area (Å²) in [6, 6.07) is 28.0. The molecular weight excluding hydrogens is 1290 g/mol. The maximum atomic E-state index is 12.4. The van der Waals surface area contributed by atoms with Crippen LogP contribution in [0.1, 0.15) is 98.7 Å². The fraction of sp³-hybridized carbons (Fsp3) is 0.459. The Labute approximate surface area is 543 Å². The van der Waals surface area contributed by atoms with Crippen LogP contribution < -0.4 is 46.8 Å². The van der Waals surface area contributed by atoms with Crippen LogP contribution in [0.5, 0.6) is 17.2 Å². The molecule has 4 aromatic rings. The molecule has 13 N–H and O–H groups in total. The van der Waals surface area contributed by atoms with E-state index in [1.54, 1.807) is 21.3 Å². The molecule has 1 aromatic heterocycles. The van der Waals surface area contributed by atoms with Crippen molar-refractivity contribution in [3.05, 3.63) is 124 Å². The van der Waals surface area contributed by atoms with Crippen molar-refractivity contribution in [3.63, 3.8) is 0 Å². The number of carboxylic acid groups (broad SMARTS) is 2. The molecular formula is C61H86N8O17PdS2. The number of aliphatic carboxylic acids is 1. The van der Waals surface area contributed by atoms with Crippen LogP contribution in [0, 0.1) is 34.5 Å². The number of hydrogen-bond donors (Lipinski definition) is 8. The number of esters is 2. The van der Waals surface area contributed by atoms with E-state index in [0.29, 0.717) is 58.3 Å². The number of carbonyl (C=O) groups is 7. The number of nitriles is 1. The van der Waals surface area contributed by atoms with Gasteiger partial charge in [0.15, 0.2) is 0 Å². The number of thiocarbonyl (C=S) groups is 2. The number of aromatic nitrogens is 1.